The van der Waals surface area contributed by atoms with Crippen molar-refractivity contribution < 1.29 is 24.2 Å². The van der Waals surface area contributed by atoms with Crippen LogP contribution in [0.25, 0.3) is 0 Å². The Labute approximate surface area is 164 Å². The molecule has 0 saturated carbocycles. The predicted octanol–water partition coefficient (Wildman–Crippen LogP) is 2.94. The van der Waals surface area contributed by atoms with E-state index >= 15 is 0 Å². The predicted molar refractivity (Wildman–Crippen MR) is 106 cm³/mol. The minimum atomic E-state index is -1.05. The molecule has 0 spiro atoms. The van der Waals surface area contributed by atoms with Crippen molar-refractivity contribution in [2.75, 3.05) is 13.7 Å². The van der Waals surface area contributed by atoms with Crippen molar-refractivity contribution in [3.8, 4) is 11.5 Å². The van der Waals surface area contributed by atoms with Crippen LogP contribution in [0.2, 0.25) is 0 Å². The number of amides is 1. The Morgan fingerprint density at radius 3 is 2.71 bits per heavy atom. The van der Waals surface area contributed by atoms with Gasteiger partial charge in [-0.25, -0.2) is 10.2 Å². The number of carboxylic acid groups (broad SMARTS) is 1. The molecular formula is C21H24N2O5. The van der Waals surface area contributed by atoms with Crippen LogP contribution in [0.15, 0.2) is 47.6 Å². The van der Waals surface area contributed by atoms with Gasteiger partial charge in [-0.05, 0) is 60.7 Å². The standard InChI is InChI=1S/C21H24N2O5/c1-15-11-18(27-2)10-9-17(15)6-4-8-20(24)23-22-13-16-5-3-7-19(12-16)28-14-21(25)26/h3,5,7,9-13H,4,6,8,14H2,1-2H3,(H,23,24)(H,25,26)/b22-13-. The molecule has 0 aliphatic heterocycles. The average Bonchev–Trinajstić information content (AvgIpc) is 2.68. The molecule has 7 nitrogen and oxygen atoms in total. The Hall–Kier alpha value is -3.35. The van der Waals surface area contributed by atoms with E-state index in [1.165, 1.54) is 11.8 Å². The first-order valence-corrected chi connectivity index (χ1v) is 8.88. The molecule has 0 bridgehead atoms. The Kier molecular flexibility index (Phi) is 8.02. The van der Waals surface area contributed by atoms with Crippen LogP contribution in [-0.2, 0) is 16.0 Å². The van der Waals surface area contributed by atoms with Gasteiger partial charge in [0.15, 0.2) is 6.61 Å². The lowest BCUT2D eigenvalue weighted by molar-refractivity contribution is -0.139. The quantitative estimate of drug-likeness (QED) is 0.485. The molecule has 7 heteroatoms. The summed E-state index contributed by atoms with van der Waals surface area (Å²) in [4.78, 5) is 22.4. The van der Waals surface area contributed by atoms with Crippen molar-refractivity contribution in [1.29, 1.82) is 0 Å². The molecule has 28 heavy (non-hydrogen) atoms. The van der Waals surface area contributed by atoms with Crippen LogP contribution in [0.3, 0.4) is 0 Å². The molecule has 2 aromatic carbocycles. The van der Waals surface area contributed by atoms with Gasteiger partial charge in [0, 0.05) is 6.42 Å². The van der Waals surface area contributed by atoms with Crippen LogP contribution < -0.4 is 14.9 Å². The van der Waals surface area contributed by atoms with Gasteiger partial charge in [-0.2, -0.15) is 5.10 Å². The molecule has 0 atom stereocenters. The highest BCUT2D eigenvalue weighted by molar-refractivity contribution is 5.82. The zero-order valence-electron chi connectivity index (χ0n) is 16.0. The van der Waals surface area contributed by atoms with Crippen molar-refractivity contribution in [2.24, 2.45) is 5.10 Å². The minimum absolute atomic E-state index is 0.166. The molecule has 0 fully saturated rings. The van der Waals surface area contributed by atoms with Crippen molar-refractivity contribution in [2.45, 2.75) is 26.2 Å². The fraction of sp³-hybridized carbons (Fsp3) is 0.286. The Balaban J connectivity index is 1.76. The molecule has 0 aromatic heterocycles. The molecule has 0 unspecified atom stereocenters. The summed E-state index contributed by atoms with van der Waals surface area (Å²) in [6.07, 6.45) is 3.37. The Bertz CT molecular complexity index is 848. The van der Waals surface area contributed by atoms with Gasteiger partial charge in [0.1, 0.15) is 11.5 Å². The summed E-state index contributed by atoms with van der Waals surface area (Å²) in [5.74, 6) is 0.0372. The maximum atomic E-state index is 11.9. The van der Waals surface area contributed by atoms with Crippen LogP contribution in [-0.4, -0.2) is 36.9 Å². The van der Waals surface area contributed by atoms with E-state index in [9.17, 15) is 9.59 Å². The van der Waals surface area contributed by atoms with Crippen LogP contribution in [0.4, 0.5) is 0 Å². The third-order valence-electron chi connectivity index (χ3n) is 4.02. The van der Waals surface area contributed by atoms with Crippen LogP contribution in [0, 0.1) is 6.92 Å². The number of carboxylic acids is 1. The molecule has 0 heterocycles. The fourth-order valence-electron chi connectivity index (χ4n) is 2.58. The summed E-state index contributed by atoms with van der Waals surface area (Å²) in [5, 5.41) is 12.6. The van der Waals surface area contributed by atoms with Crippen LogP contribution >= 0.6 is 0 Å². The van der Waals surface area contributed by atoms with Crippen molar-refractivity contribution in [3.63, 3.8) is 0 Å². The van der Waals surface area contributed by atoms with Gasteiger partial charge in [0.2, 0.25) is 5.91 Å². The summed E-state index contributed by atoms with van der Waals surface area (Å²) in [6, 6.07) is 12.7. The van der Waals surface area contributed by atoms with E-state index in [1.807, 2.05) is 25.1 Å². The summed E-state index contributed by atoms with van der Waals surface area (Å²) >= 11 is 0. The largest absolute Gasteiger partial charge is 0.497 e. The average molecular weight is 384 g/mol. The third kappa shape index (κ3) is 7.11. The van der Waals surface area contributed by atoms with E-state index in [2.05, 4.69) is 10.5 Å². The number of carbonyl (C=O) groups excluding carboxylic acids is 1. The first kappa shape index (κ1) is 21.0. The number of ether oxygens (including phenoxy) is 2. The van der Waals surface area contributed by atoms with Crippen molar-refractivity contribution in [1.82, 2.24) is 5.43 Å². The van der Waals surface area contributed by atoms with Crippen molar-refractivity contribution >= 4 is 18.1 Å². The van der Waals surface area contributed by atoms with E-state index < -0.39 is 12.6 Å². The zero-order valence-corrected chi connectivity index (χ0v) is 16.0. The van der Waals surface area contributed by atoms with Crippen molar-refractivity contribution in [3.05, 3.63) is 59.2 Å². The lowest BCUT2D eigenvalue weighted by Gasteiger charge is -2.07. The van der Waals surface area contributed by atoms with Gasteiger partial charge in [-0.1, -0.05) is 18.2 Å². The lowest BCUT2D eigenvalue weighted by Crippen LogP contribution is -2.17. The summed E-state index contributed by atoms with van der Waals surface area (Å²) < 4.78 is 10.3. The van der Waals surface area contributed by atoms with Gasteiger partial charge < -0.3 is 14.6 Å². The second-order valence-electron chi connectivity index (χ2n) is 6.19. The third-order valence-corrected chi connectivity index (χ3v) is 4.02. The number of carbonyl (C=O) groups is 2. The summed E-state index contributed by atoms with van der Waals surface area (Å²) in [7, 11) is 1.64. The molecule has 0 aliphatic carbocycles. The van der Waals surface area contributed by atoms with E-state index in [4.69, 9.17) is 14.6 Å². The monoisotopic (exact) mass is 384 g/mol. The van der Waals surface area contributed by atoms with E-state index in [1.54, 1.807) is 31.4 Å². The molecule has 0 aliphatic rings. The highest BCUT2D eigenvalue weighted by atomic mass is 16.5. The number of aryl methyl sites for hydroxylation is 2. The maximum Gasteiger partial charge on any atom is 0.341 e. The minimum Gasteiger partial charge on any atom is -0.497 e. The summed E-state index contributed by atoms with van der Waals surface area (Å²) in [5.41, 5.74) is 5.52. The highest BCUT2D eigenvalue weighted by Crippen LogP contribution is 2.18. The maximum absolute atomic E-state index is 11.9. The number of hydrazone groups is 1. The van der Waals surface area contributed by atoms with Gasteiger partial charge in [0.25, 0.3) is 0 Å². The Morgan fingerprint density at radius 2 is 2.00 bits per heavy atom. The van der Waals surface area contributed by atoms with E-state index in [0.717, 1.165) is 17.7 Å². The second-order valence-corrected chi connectivity index (χ2v) is 6.19. The molecule has 2 N–H and O–H groups in total. The SMILES string of the molecule is COc1ccc(CCCC(=O)N/N=C\c2cccc(OCC(=O)O)c2)c(C)c1. The van der Waals surface area contributed by atoms with Gasteiger partial charge >= 0.3 is 5.97 Å². The van der Waals surface area contributed by atoms with Gasteiger partial charge in [0.05, 0.1) is 13.3 Å². The van der Waals surface area contributed by atoms with Crippen LogP contribution in [0.1, 0.15) is 29.5 Å². The molecule has 0 radical (unpaired) electrons. The number of benzene rings is 2. The van der Waals surface area contributed by atoms with E-state index in [0.29, 0.717) is 24.2 Å². The number of aliphatic carboxylic acids is 1. The second kappa shape index (κ2) is 10.7. The highest BCUT2D eigenvalue weighted by Gasteiger charge is 2.04. The number of nitrogens with one attached hydrogen (secondary N) is 1. The smallest absolute Gasteiger partial charge is 0.341 e. The first-order chi connectivity index (χ1) is 13.5. The molecule has 148 valence electrons. The lowest BCUT2D eigenvalue weighted by atomic mass is 10.0. The number of methoxy groups -OCH3 is 1. The normalized spacial score (nSPS) is 10.6. The number of nitrogens with zero attached hydrogens (tertiary/aromatic N) is 1. The molecular weight excluding hydrogens is 360 g/mol. The molecule has 1 amide bonds. The molecule has 0 saturated heterocycles. The number of rotatable bonds is 10. The fourth-order valence-corrected chi connectivity index (χ4v) is 2.58. The summed E-state index contributed by atoms with van der Waals surface area (Å²) in [6.45, 7) is 1.61. The zero-order chi connectivity index (χ0) is 20.4. The molecule has 2 rings (SSSR count). The number of hydrogen-bond acceptors (Lipinski definition) is 5. The van der Waals surface area contributed by atoms with Gasteiger partial charge in [-0.15, -0.1) is 0 Å². The first-order valence-electron chi connectivity index (χ1n) is 8.88. The van der Waals surface area contributed by atoms with Gasteiger partial charge in [-0.3, -0.25) is 4.79 Å². The molecule has 2 aromatic rings. The van der Waals surface area contributed by atoms with E-state index in [-0.39, 0.29) is 5.91 Å². The topological polar surface area (TPSA) is 97.2 Å². The van der Waals surface area contributed by atoms with Crippen LogP contribution in [0.5, 0.6) is 11.5 Å². The Morgan fingerprint density at radius 1 is 1.18 bits per heavy atom. The number of hydrogen-bond donors (Lipinski definition) is 2.